The number of nitrogens with zero attached hydrogens (tertiary/aromatic N) is 2. The summed E-state index contributed by atoms with van der Waals surface area (Å²) < 4.78 is 16.4. The van der Waals surface area contributed by atoms with Crippen molar-refractivity contribution in [3.63, 3.8) is 0 Å². The van der Waals surface area contributed by atoms with Crippen molar-refractivity contribution in [3.8, 4) is 23.3 Å². The number of fused-ring (bicyclic) bond motifs is 1. The Hall–Kier alpha value is -3.53. The van der Waals surface area contributed by atoms with Crippen molar-refractivity contribution in [3.05, 3.63) is 53.6 Å². The number of hydrogen-bond donors (Lipinski definition) is 1. The normalized spacial score (nSPS) is 12.8. The first-order valence-electron chi connectivity index (χ1n) is 8.02. The molecule has 26 heavy (non-hydrogen) atoms. The van der Waals surface area contributed by atoms with Gasteiger partial charge in [-0.3, -0.25) is 4.79 Å². The molecular weight excluding hydrogens is 334 g/mol. The summed E-state index contributed by atoms with van der Waals surface area (Å²) >= 11 is 0. The van der Waals surface area contributed by atoms with Crippen LogP contribution < -0.4 is 19.6 Å². The van der Waals surface area contributed by atoms with Crippen LogP contribution in [-0.4, -0.2) is 31.4 Å². The van der Waals surface area contributed by atoms with Crippen LogP contribution in [0.15, 0.2) is 47.6 Å². The lowest BCUT2D eigenvalue weighted by Gasteiger charge is -2.18. The molecule has 3 rings (SSSR count). The van der Waals surface area contributed by atoms with E-state index in [1.54, 1.807) is 31.2 Å². The third kappa shape index (κ3) is 4.11. The molecule has 132 valence electrons. The highest BCUT2D eigenvalue weighted by Crippen LogP contribution is 2.30. The zero-order chi connectivity index (χ0) is 18.4. The number of nitriles is 1. The number of amides is 1. The van der Waals surface area contributed by atoms with Gasteiger partial charge in [-0.25, -0.2) is 5.43 Å². The van der Waals surface area contributed by atoms with Gasteiger partial charge in [0.2, 0.25) is 0 Å². The highest BCUT2D eigenvalue weighted by Gasteiger charge is 2.13. The van der Waals surface area contributed by atoms with Crippen molar-refractivity contribution < 1.29 is 19.0 Å². The van der Waals surface area contributed by atoms with Crippen molar-refractivity contribution in [2.24, 2.45) is 5.10 Å². The minimum Gasteiger partial charge on any atom is -0.486 e. The van der Waals surface area contributed by atoms with E-state index < -0.39 is 5.91 Å². The number of carbonyl (C=O) groups excluding carboxylic acids is 1. The molecule has 1 amide bonds. The second-order valence-electron chi connectivity index (χ2n) is 5.49. The molecule has 1 aliphatic heterocycles. The molecule has 0 fully saturated rings. The minimum absolute atomic E-state index is 0.239. The van der Waals surface area contributed by atoms with E-state index in [9.17, 15) is 4.79 Å². The Morgan fingerprint density at radius 1 is 1.23 bits per heavy atom. The Morgan fingerprint density at radius 2 is 2.00 bits per heavy atom. The molecule has 7 nitrogen and oxygen atoms in total. The van der Waals surface area contributed by atoms with Crippen LogP contribution in [0.25, 0.3) is 0 Å². The van der Waals surface area contributed by atoms with E-state index in [2.05, 4.69) is 10.5 Å². The predicted molar refractivity (Wildman–Crippen MR) is 94.4 cm³/mol. The first-order valence-corrected chi connectivity index (χ1v) is 8.02. The molecule has 7 heteroatoms. The molecular formula is C19H17N3O4. The van der Waals surface area contributed by atoms with Gasteiger partial charge in [0.1, 0.15) is 25.0 Å². The van der Waals surface area contributed by atoms with Gasteiger partial charge >= 0.3 is 0 Å². The molecule has 0 aromatic heterocycles. The maximum atomic E-state index is 11.9. The van der Waals surface area contributed by atoms with Gasteiger partial charge in [0.15, 0.2) is 18.1 Å². The maximum absolute atomic E-state index is 11.9. The largest absolute Gasteiger partial charge is 0.486 e. The summed E-state index contributed by atoms with van der Waals surface area (Å²) in [4.78, 5) is 11.9. The minimum atomic E-state index is -0.422. The van der Waals surface area contributed by atoms with Crippen molar-refractivity contribution in [2.75, 3.05) is 19.8 Å². The van der Waals surface area contributed by atoms with E-state index in [1.807, 2.05) is 24.3 Å². The van der Waals surface area contributed by atoms with E-state index in [4.69, 9.17) is 19.5 Å². The van der Waals surface area contributed by atoms with Gasteiger partial charge < -0.3 is 14.2 Å². The molecule has 2 aromatic carbocycles. The Kier molecular flexibility index (Phi) is 5.34. The van der Waals surface area contributed by atoms with Crippen molar-refractivity contribution in [1.82, 2.24) is 5.43 Å². The third-order valence-corrected chi connectivity index (χ3v) is 3.67. The molecule has 1 N–H and O–H groups in total. The van der Waals surface area contributed by atoms with Gasteiger partial charge in [-0.1, -0.05) is 12.1 Å². The first-order chi connectivity index (χ1) is 12.7. The Balaban J connectivity index is 1.58. The van der Waals surface area contributed by atoms with Crippen LogP contribution in [-0.2, 0) is 4.79 Å². The van der Waals surface area contributed by atoms with Crippen LogP contribution >= 0.6 is 0 Å². The highest BCUT2D eigenvalue weighted by atomic mass is 16.6. The number of hydrazone groups is 1. The van der Waals surface area contributed by atoms with Crippen LogP contribution in [0.2, 0.25) is 0 Å². The SMILES string of the molecule is C/C(=N\NC(=O)COc1ccccc1C#N)c1ccc2c(c1)OCCO2. The number of benzene rings is 2. The van der Waals surface area contributed by atoms with Crippen LogP contribution in [0.5, 0.6) is 17.2 Å². The highest BCUT2D eigenvalue weighted by molar-refractivity contribution is 5.99. The van der Waals surface area contributed by atoms with Crippen molar-refractivity contribution in [1.29, 1.82) is 5.26 Å². The zero-order valence-electron chi connectivity index (χ0n) is 14.2. The Bertz CT molecular complexity index is 887. The summed E-state index contributed by atoms with van der Waals surface area (Å²) in [6.07, 6.45) is 0. The lowest BCUT2D eigenvalue weighted by Crippen LogP contribution is -2.25. The van der Waals surface area contributed by atoms with Gasteiger partial charge in [-0.2, -0.15) is 10.4 Å². The summed E-state index contributed by atoms with van der Waals surface area (Å²) in [6.45, 7) is 2.57. The fraction of sp³-hybridized carbons (Fsp3) is 0.211. The van der Waals surface area contributed by atoms with E-state index in [0.29, 0.717) is 41.7 Å². The number of carbonyl (C=O) groups is 1. The Morgan fingerprint density at radius 3 is 2.81 bits per heavy atom. The molecule has 1 heterocycles. The molecule has 0 atom stereocenters. The van der Waals surface area contributed by atoms with Crippen LogP contribution in [0.4, 0.5) is 0 Å². The summed E-state index contributed by atoms with van der Waals surface area (Å²) in [5, 5.41) is 13.1. The van der Waals surface area contributed by atoms with Gasteiger partial charge in [-0.15, -0.1) is 0 Å². The fourth-order valence-corrected chi connectivity index (χ4v) is 2.34. The molecule has 0 radical (unpaired) electrons. The number of nitrogens with one attached hydrogen (secondary N) is 1. The van der Waals surface area contributed by atoms with Crippen molar-refractivity contribution >= 4 is 11.6 Å². The maximum Gasteiger partial charge on any atom is 0.277 e. The molecule has 2 aromatic rings. The molecule has 0 spiro atoms. The lowest BCUT2D eigenvalue weighted by molar-refractivity contribution is -0.123. The number of ether oxygens (including phenoxy) is 3. The van der Waals surface area contributed by atoms with Gasteiger partial charge in [0.25, 0.3) is 5.91 Å². The molecule has 0 saturated heterocycles. The average Bonchev–Trinajstić information content (AvgIpc) is 2.70. The van der Waals surface area contributed by atoms with Crippen LogP contribution in [0, 0.1) is 11.3 Å². The van der Waals surface area contributed by atoms with E-state index in [0.717, 1.165) is 5.56 Å². The summed E-state index contributed by atoms with van der Waals surface area (Å²) in [5.74, 6) is 1.29. The average molecular weight is 351 g/mol. The zero-order valence-corrected chi connectivity index (χ0v) is 14.2. The number of para-hydroxylation sites is 1. The van der Waals surface area contributed by atoms with Gasteiger partial charge in [0, 0.05) is 5.56 Å². The summed E-state index contributed by atoms with van der Waals surface area (Å²) in [6, 6.07) is 14.2. The predicted octanol–water partition coefficient (Wildman–Crippen LogP) is 2.25. The van der Waals surface area contributed by atoms with Gasteiger partial charge in [-0.05, 0) is 37.3 Å². The fourth-order valence-electron chi connectivity index (χ4n) is 2.34. The van der Waals surface area contributed by atoms with Crippen molar-refractivity contribution in [2.45, 2.75) is 6.92 Å². The molecule has 0 unspecified atom stereocenters. The quantitative estimate of drug-likeness (QED) is 0.659. The van der Waals surface area contributed by atoms with Gasteiger partial charge in [0.05, 0.1) is 11.3 Å². The second kappa shape index (κ2) is 8.03. The first kappa shape index (κ1) is 17.3. The summed E-state index contributed by atoms with van der Waals surface area (Å²) in [7, 11) is 0. The molecule has 0 aliphatic carbocycles. The number of hydrogen-bond acceptors (Lipinski definition) is 6. The summed E-state index contributed by atoms with van der Waals surface area (Å²) in [5.41, 5.74) is 4.24. The molecule has 1 aliphatic rings. The third-order valence-electron chi connectivity index (χ3n) is 3.67. The Labute approximate surface area is 150 Å². The van der Waals surface area contributed by atoms with Crippen LogP contribution in [0.3, 0.4) is 0 Å². The lowest BCUT2D eigenvalue weighted by atomic mass is 10.1. The topological polar surface area (TPSA) is 92.9 Å². The van der Waals surface area contributed by atoms with E-state index in [-0.39, 0.29) is 6.61 Å². The standard InChI is InChI=1S/C19H17N3O4/c1-13(14-6-7-17-18(10-14)25-9-8-24-17)21-22-19(23)12-26-16-5-3-2-4-15(16)11-20/h2-7,10H,8-9,12H2,1H3,(H,22,23)/b21-13+. The monoisotopic (exact) mass is 351 g/mol. The molecule has 0 bridgehead atoms. The smallest absolute Gasteiger partial charge is 0.277 e. The number of rotatable bonds is 5. The van der Waals surface area contributed by atoms with Crippen LogP contribution in [0.1, 0.15) is 18.1 Å². The van der Waals surface area contributed by atoms with E-state index >= 15 is 0 Å². The second-order valence-corrected chi connectivity index (χ2v) is 5.49. The van der Waals surface area contributed by atoms with E-state index in [1.165, 1.54) is 0 Å². The molecule has 0 saturated carbocycles.